The lowest BCUT2D eigenvalue weighted by atomic mass is 9.88. The molecule has 0 amide bonds. The Morgan fingerprint density at radius 2 is 2.19 bits per heavy atom. The Kier molecular flexibility index (Phi) is 4.09. The highest BCUT2D eigenvalue weighted by Crippen LogP contribution is 2.37. The largest absolute Gasteiger partial charge is 0.309 e. The monoisotopic (exact) mass is 301 g/mol. The number of halogens is 1. The molecule has 1 heterocycles. The molecule has 0 aliphatic heterocycles. The van der Waals surface area contributed by atoms with Gasteiger partial charge in [0.2, 0.25) is 0 Å². The SMILES string of the molecule is CC(NCC1(C)CCCC1)c1cc(Br)cs1. The smallest absolute Gasteiger partial charge is 0.0386 e. The number of thiophene rings is 1. The molecule has 0 aromatic carbocycles. The van der Waals surface area contributed by atoms with Crippen LogP contribution in [0.25, 0.3) is 0 Å². The lowest BCUT2D eigenvalue weighted by Gasteiger charge is -2.26. The van der Waals surface area contributed by atoms with E-state index >= 15 is 0 Å². The summed E-state index contributed by atoms with van der Waals surface area (Å²) in [5, 5.41) is 5.84. The highest BCUT2D eigenvalue weighted by Gasteiger charge is 2.28. The number of hydrogen-bond acceptors (Lipinski definition) is 2. The minimum absolute atomic E-state index is 0.480. The zero-order valence-electron chi connectivity index (χ0n) is 10.1. The van der Waals surface area contributed by atoms with Crippen LogP contribution >= 0.6 is 27.3 Å². The Balaban J connectivity index is 1.86. The number of nitrogens with one attached hydrogen (secondary N) is 1. The van der Waals surface area contributed by atoms with Gasteiger partial charge in [0.15, 0.2) is 0 Å². The first-order valence-electron chi connectivity index (χ1n) is 6.06. The molecular weight excluding hydrogens is 282 g/mol. The van der Waals surface area contributed by atoms with E-state index < -0.39 is 0 Å². The summed E-state index contributed by atoms with van der Waals surface area (Å²) in [4.78, 5) is 1.42. The minimum atomic E-state index is 0.480. The van der Waals surface area contributed by atoms with Crippen molar-refractivity contribution in [1.82, 2.24) is 5.32 Å². The quantitative estimate of drug-likeness (QED) is 0.847. The van der Waals surface area contributed by atoms with E-state index in [-0.39, 0.29) is 0 Å². The predicted octanol–water partition coefficient (Wildman–Crippen LogP) is 4.74. The maximum absolute atomic E-state index is 3.68. The van der Waals surface area contributed by atoms with Gasteiger partial charge in [-0.15, -0.1) is 11.3 Å². The fourth-order valence-corrected chi connectivity index (χ4v) is 3.94. The van der Waals surface area contributed by atoms with Crippen LogP contribution < -0.4 is 5.32 Å². The first kappa shape index (κ1) is 12.6. The molecular formula is C13H20BrNS. The molecule has 90 valence electrons. The molecule has 1 saturated carbocycles. The molecule has 1 fully saturated rings. The van der Waals surface area contributed by atoms with Gasteiger partial charge in [-0.25, -0.2) is 0 Å². The van der Waals surface area contributed by atoms with Gasteiger partial charge in [0, 0.05) is 27.3 Å². The molecule has 3 heteroatoms. The Morgan fingerprint density at radius 3 is 2.75 bits per heavy atom. The maximum atomic E-state index is 3.68. The van der Waals surface area contributed by atoms with E-state index in [0.29, 0.717) is 11.5 Å². The Hall–Kier alpha value is 0.140. The molecule has 1 N–H and O–H groups in total. The maximum Gasteiger partial charge on any atom is 0.0386 e. The van der Waals surface area contributed by atoms with Gasteiger partial charge in [-0.1, -0.05) is 19.8 Å². The van der Waals surface area contributed by atoms with Crippen LogP contribution in [0.15, 0.2) is 15.9 Å². The fraction of sp³-hybridized carbons (Fsp3) is 0.692. The summed E-state index contributed by atoms with van der Waals surface area (Å²) in [7, 11) is 0. The summed E-state index contributed by atoms with van der Waals surface area (Å²) in [6, 6.07) is 2.70. The van der Waals surface area contributed by atoms with E-state index in [4.69, 9.17) is 0 Å². The molecule has 0 saturated heterocycles. The van der Waals surface area contributed by atoms with Gasteiger partial charge in [0.1, 0.15) is 0 Å². The van der Waals surface area contributed by atoms with Crippen molar-refractivity contribution in [1.29, 1.82) is 0 Å². The Bertz CT molecular complexity index is 341. The summed E-state index contributed by atoms with van der Waals surface area (Å²) in [5.41, 5.74) is 0.544. The van der Waals surface area contributed by atoms with Gasteiger partial charge >= 0.3 is 0 Å². The Morgan fingerprint density at radius 1 is 1.50 bits per heavy atom. The highest BCUT2D eigenvalue weighted by atomic mass is 79.9. The van der Waals surface area contributed by atoms with Crippen LogP contribution in [-0.4, -0.2) is 6.54 Å². The third kappa shape index (κ3) is 3.08. The molecule has 0 radical (unpaired) electrons. The normalized spacial score (nSPS) is 21.2. The lowest BCUT2D eigenvalue weighted by Crippen LogP contribution is -2.31. The number of hydrogen-bond donors (Lipinski definition) is 1. The molecule has 0 spiro atoms. The zero-order valence-corrected chi connectivity index (χ0v) is 12.5. The first-order valence-corrected chi connectivity index (χ1v) is 7.74. The average Bonchev–Trinajstić information content (AvgIpc) is 2.85. The summed E-state index contributed by atoms with van der Waals surface area (Å²) in [5.74, 6) is 0. The van der Waals surface area contributed by atoms with Crippen molar-refractivity contribution in [2.45, 2.75) is 45.6 Å². The van der Waals surface area contributed by atoms with Crippen LogP contribution in [0.5, 0.6) is 0 Å². The molecule has 2 rings (SSSR count). The third-order valence-corrected chi connectivity index (χ3v) is 5.54. The van der Waals surface area contributed by atoms with E-state index in [2.05, 4.69) is 46.5 Å². The van der Waals surface area contributed by atoms with Crippen molar-refractivity contribution in [3.8, 4) is 0 Å². The van der Waals surface area contributed by atoms with Gasteiger partial charge in [-0.05, 0) is 47.2 Å². The predicted molar refractivity (Wildman–Crippen MR) is 75.0 cm³/mol. The second kappa shape index (κ2) is 5.19. The summed E-state index contributed by atoms with van der Waals surface area (Å²) in [6.45, 7) is 5.84. The molecule has 1 atom stereocenters. The third-order valence-electron chi connectivity index (χ3n) is 3.66. The standard InChI is InChI=1S/C13H20BrNS/c1-10(12-7-11(14)8-16-12)15-9-13(2)5-3-4-6-13/h7-8,10,15H,3-6,9H2,1-2H3. The zero-order chi connectivity index (χ0) is 11.6. The van der Waals surface area contributed by atoms with E-state index in [1.165, 1.54) is 35.0 Å². The van der Waals surface area contributed by atoms with Crippen molar-refractivity contribution < 1.29 is 0 Å². The van der Waals surface area contributed by atoms with Crippen LogP contribution in [0.4, 0.5) is 0 Å². The van der Waals surface area contributed by atoms with E-state index in [9.17, 15) is 0 Å². The van der Waals surface area contributed by atoms with Crippen LogP contribution in [0.3, 0.4) is 0 Å². The minimum Gasteiger partial charge on any atom is -0.309 e. The molecule has 1 aliphatic carbocycles. The van der Waals surface area contributed by atoms with Gasteiger partial charge in [-0.2, -0.15) is 0 Å². The molecule has 16 heavy (non-hydrogen) atoms. The first-order chi connectivity index (χ1) is 7.59. The fourth-order valence-electron chi connectivity index (χ4n) is 2.46. The van der Waals surface area contributed by atoms with Gasteiger partial charge in [0.05, 0.1) is 0 Å². The van der Waals surface area contributed by atoms with Crippen LogP contribution in [0.2, 0.25) is 0 Å². The van der Waals surface area contributed by atoms with Crippen LogP contribution in [0, 0.1) is 5.41 Å². The van der Waals surface area contributed by atoms with Crippen LogP contribution in [0.1, 0.15) is 50.4 Å². The molecule has 1 nitrogen and oxygen atoms in total. The van der Waals surface area contributed by atoms with E-state index in [1.807, 2.05) is 11.3 Å². The molecule has 1 unspecified atom stereocenters. The highest BCUT2D eigenvalue weighted by molar-refractivity contribution is 9.10. The topological polar surface area (TPSA) is 12.0 Å². The second-order valence-corrected chi connectivity index (χ2v) is 7.15. The number of rotatable bonds is 4. The van der Waals surface area contributed by atoms with Crippen molar-refractivity contribution in [2.24, 2.45) is 5.41 Å². The molecule has 1 aromatic heterocycles. The molecule has 1 aliphatic rings. The van der Waals surface area contributed by atoms with Gasteiger partial charge in [-0.3, -0.25) is 0 Å². The Labute approximate surface area is 111 Å². The lowest BCUT2D eigenvalue weighted by molar-refractivity contribution is 0.302. The van der Waals surface area contributed by atoms with Crippen molar-refractivity contribution in [3.63, 3.8) is 0 Å². The average molecular weight is 302 g/mol. The van der Waals surface area contributed by atoms with E-state index in [0.717, 1.165) is 6.54 Å². The summed E-state index contributed by atoms with van der Waals surface area (Å²) >= 11 is 5.34. The second-order valence-electron chi connectivity index (χ2n) is 5.29. The van der Waals surface area contributed by atoms with Crippen molar-refractivity contribution in [2.75, 3.05) is 6.54 Å². The molecule has 0 bridgehead atoms. The van der Waals surface area contributed by atoms with Crippen LogP contribution in [-0.2, 0) is 0 Å². The van der Waals surface area contributed by atoms with Gasteiger partial charge < -0.3 is 5.32 Å². The molecule has 1 aromatic rings. The summed E-state index contributed by atoms with van der Waals surface area (Å²) < 4.78 is 1.20. The van der Waals surface area contributed by atoms with Gasteiger partial charge in [0.25, 0.3) is 0 Å². The summed E-state index contributed by atoms with van der Waals surface area (Å²) in [6.07, 6.45) is 5.61. The van der Waals surface area contributed by atoms with Crippen molar-refractivity contribution >= 4 is 27.3 Å². The van der Waals surface area contributed by atoms with Crippen molar-refractivity contribution in [3.05, 3.63) is 20.8 Å². The van der Waals surface area contributed by atoms with E-state index in [1.54, 1.807) is 0 Å².